The minimum absolute atomic E-state index is 0.176. The Kier molecular flexibility index (Phi) is 3.84. The first-order valence-electron chi connectivity index (χ1n) is 7.16. The number of halogens is 1. The van der Waals surface area contributed by atoms with E-state index < -0.39 is 0 Å². The second-order valence-electron chi connectivity index (χ2n) is 5.47. The molecule has 4 nitrogen and oxygen atoms in total. The van der Waals surface area contributed by atoms with Crippen molar-refractivity contribution in [2.75, 3.05) is 6.54 Å². The maximum atomic E-state index is 13.4. The van der Waals surface area contributed by atoms with Crippen LogP contribution in [0.2, 0.25) is 0 Å². The lowest BCUT2D eigenvalue weighted by Crippen LogP contribution is -2.25. The third-order valence-corrected chi connectivity index (χ3v) is 3.64. The molecule has 21 heavy (non-hydrogen) atoms. The summed E-state index contributed by atoms with van der Waals surface area (Å²) in [7, 11) is 0. The molecule has 1 aliphatic rings. The Balaban J connectivity index is 1.98. The Bertz CT molecular complexity index is 658. The summed E-state index contributed by atoms with van der Waals surface area (Å²) in [6.45, 7) is 5.65. The van der Waals surface area contributed by atoms with Crippen molar-refractivity contribution in [3.63, 3.8) is 0 Å². The molecule has 5 heteroatoms. The van der Waals surface area contributed by atoms with Gasteiger partial charge in [-0.15, -0.1) is 0 Å². The van der Waals surface area contributed by atoms with Gasteiger partial charge < -0.3 is 10.1 Å². The average molecular weight is 287 g/mol. The Hall–Kier alpha value is -2.01. The summed E-state index contributed by atoms with van der Waals surface area (Å²) in [5.41, 5.74) is 2.85. The van der Waals surface area contributed by atoms with Crippen LogP contribution >= 0.6 is 0 Å². The van der Waals surface area contributed by atoms with E-state index >= 15 is 0 Å². The zero-order valence-corrected chi connectivity index (χ0v) is 12.2. The fourth-order valence-electron chi connectivity index (χ4n) is 2.51. The van der Waals surface area contributed by atoms with Gasteiger partial charge in [-0.3, -0.25) is 0 Å². The molecule has 0 radical (unpaired) electrons. The highest BCUT2D eigenvalue weighted by molar-refractivity contribution is 5.41. The largest absolute Gasteiger partial charge is 0.438 e. The predicted octanol–water partition coefficient (Wildman–Crippen LogP) is 3.18. The maximum Gasteiger partial charge on any atom is 0.225 e. The second-order valence-corrected chi connectivity index (χ2v) is 5.47. The molecule has 1 aliphatic heterocycles. The molecule has 0 bridgehead atoms. The van der Waals surface area contributed by atoms with Gasteiger partial charge >= 0.3 is 0 Å². The molecule has 2 aromatic rings. The summed E-state index contributed by atoms with van der Waals surface area (Å²) >= 11 is 0. The zero-order chi connectivity index (χ0) is 14.8. The standard InChI is InChI=1S/C16H18FN3O/c1-10(2)13-7-11(17)3-4-15(13)21-16-12-5-6-18-8-14(12)19-9-20-16/h3-4,7,9-10,18H,5-6,8H2,1-2H3. The smallest absolute Gasteiger partial charge is 0.225 e. The molecule has 0 saturated heterocycles. The molecule has 0 amide bonds. The number of ether oxygens (including phenoxy) is 1. The Morgan fingerprint density at radius 2 is 2.14 bits per heavy atom. The van der Waals surface area contributed by atoms with E-state index in [1.165, 1.54) is 18.5 Å². The lowest BCUT2D eigenvalue weighted by atomic mass is 10.0. The van der Waals surface area contributed by atoms with E-state index in [0.29, 0.717) is 11.6 Å². The van der Waals surface area contributed by atoms with Gasteiger partial charge in [0.2, 0.25) is 5.88 Å². The van der Waals surface area contributed by atoms with E-state index in [0.717, 1.165) is 36.3 Å². The highest BCUT2D eigenvalue weighted by atomic mass is 19.1. The highest BCUT2D eigenvalue weighted by Crippen LogP contribution is 2.32. The van der Waals surface area contributed by atoms with Gasteiger partial charge in [-0.05, 0) is 37.1 Å². The van der Waals surface area contributed by atoms with Crippen molar-refractivity contribution >= 4 is 0 Å². The van der Waals surface area contributed by atoms with Crippen molar-refractivity contribution in [1.29, 1.82) is 0 Å². The molecule has 0 aliphatic carbocycles. The molecule has 110 valence electrons. The normalized spacial score (nSPS) is 14.1. The van der Waals surface area contributed by atoms with Gasteiger partial charge in [0.1, 0.15) is 17.9 Å². The molecule has 3 rings (SSSR count). The lowest BCUT2D eigenvalue weighted by Gasteiger charge is -2.19. The minimum atomic E-state index is -0.250. The topological polar surface area (TPSA) is 47.0 Å². The van der Waals surface area contributed by atoms with Crippen LogP contribution in [0.1, 0.15) is 36.6 Å². The van der Waals surface area contributed by atoms with Crippen LogP contribution in [0, 0.1) is 5.82 Å². The zero-order valence-electron chi connectivity index (χ0n) is 12.2. The lowest BCUT2D eigenvalue weighted by molar-refractivity contribution is 0.437. The van der Waals surface area contributed by atoms with Crippen LogP contribution in [-0.2, 0) is 13.0 Å². The third-order valence-electron chi connectivity index (χ3n) is 3.64. The average Bonchev–Trinajstić information content (AvgIpc) is 2.49. The fourth-order valence-corrected chi connectivity index (χ4v) is 2.51. The van der Waals surface area contributed by atoms with Crippen LogP contribution in [0.15, 0.2) is 24.5 Å². The van der Waals surface area contributed by atoms with Gasteiger partial charge in [-0.2, -0.15) is 0 Å². The summed E-state index contributed by atoms with van der Waals surface area (Å²) in [4.78, 5) is 8.53. The first-order chi connectivity index (χ1) is 10.1. The molecule has 0 atom stereocenters. The van der Waals surface area contributed by atoms with Crippen LogP contribution in [-0.4, -0.2) is 16.5 Å². The molecule has 1 aromatic carbocycles. The van der Waals surface area contributed by atoms with Crippen LogP contribution < -0.4 is 10.1 Å². The summed E-state index contributed by atoms with van der Waals surface area (Å²) in [6.07, 6.45) is 2.35. The van der Waals surface area contributed by atoms with Crippen molar-refractivity contribution in [2.45, 2.75) is 32.7 Å². The molecule has 0 unspecified atom stereocenters. The van der Waals surface area contributed by atoms with Crippen molar-refractivity contribution in [3.8, 4) is 11.6 Å². The van der Waals surface area contributed by atoms with Crippen molar-refractivity contribution in [2.24, 2.45) is 0 Å². The first-order valence-corrected chi connectivity index (χ1v) is 7.16. The quantitative estimate of drug-likeness (QED) is 0.942. The number of nitrogens with zero attached hydrogens (tertiary/aromatic N) is 2. The Morgan fingerprint density at radius 1 is 1.29 bits per heavy atom. The van der Waals surface area contributed by atoms with Gasteiger partial charge in [0.05, 0.1) is 5.69 Å². The van der Waals surface area contributed by atoms with E-state index in [-0.39, 0.29) is 11.7 Å². The van der Waals surface area contributed by atoms with Crippen molar-refractivity contribution in [3.05, 3.63) is 47.2 Å². The highest BCUT2D eigenvalue weighted by Gasteiger charge is 2.18. The Labute approximate surface area is 123 Å². The molecule has 0 fully saturated rings. The number of hydrogen-bond donors (Lipinski definition) is 1. The molecule has 1 N–H and O–H groups in total. The van der Waals surface area contributed by atoms with Gasteiger partial charge in [-0.1, -0.05) is 13.8 Å². The molecule has 0 spiro atoms. The second kappa shape index (κ2) is 5.77. The molecule has 2 heterocycles. The van der Waals surface area contributed by atoms with Crippen LogP contribution in [0.3, 0.4) is 0 Å². The van der Waals surface area contributed by atoms with E-state index in [1.54, 1.807) is 6.07 Å². The van der Waals surface area contributed by atoms with Crippen LogP contribution in [0.25, 0.3) is 0 Å². The van der Waals surface area contributed by atoms with Crippen LogP contribution in [0.5, 0.6) is 11.6 Å². The third kappa shape index (κ3) is 2.88. The number of hydrogen-bond acceptors (Lipinski definition) is 4. The maximum absolute atomic E-state index is 13.4. The molecule has 1 aromatic heterocycles. The molecular formula is C16H18FN3O. The number of benzene rings is 1. The number of rotatable bonds is 3. The van der Waals surface area contributed by atoms with E-state index in [1.807, 2.05) is 13.8 Å². The first kappa shape index (κ1) is 13.9. The number of fused-ring (bicyclic) bond motifs is 1. The van der Waals surface area contributed by atoms with E-state index in [9.17, 15) is 4.39 Å². The van der Waals surface area contributed by atoms with E-state index in [4.69, 9.17) is 4.74 Å². The summed E-state index contributed by atoms with van der Waals surface area (Å²) < 4.78 is 19.4. The molecular weight excluding hydrogens is 269 g/mol. The van der Waals surface area contributed by atoms with E-state index in [2.05, 4.69) is 15.3 Å². The van der Waals surface area contributed by atoms with Crippen molar-refractivity contribution < 1.29 is 9.13 Å². The SMILES string of the molecule is CC(C)c1cc(F)ccc1Oc1ncnc2c1CCNC2. The van der Waals surface area contributed by atoms with Gasteiger partial charge in [0, 0.05) is 17.7 Å². The predicted molar refractivity (Wildman–Crippen MR) is 78.0 cm³/mol. The summed E-state index contributed by atoms with van der Waals surface area (Å²) in [5.74, 6) is 1.16. The van der Waals surface area contributed by atoms with Gasteiger partial charge in [-0.25, -0.2) is 14.4 Å². The summed E-state index contributed by atoms with van der Waals surface area (Å²) in [6, 6.07) is 4.60. The number of nitrogens with one attached hydrogen (secondary N) is 1. The monoisotopic (exact) mass is 287 g/mol. The minimum Gasteiger partial charge on any atom is -0.438 e. The Morgan fingerprint density at radius 3 is 2.95 bits per heavy atom. The number of aromatic nitrogens is 2. The van der Waals surface area contributed by atoms with Crippen LogP contribution in [0.4, 0.5) is 4.39 Å². The van der Waals surface area contributed by atoms with Gasteiger partial charge in [0.15, 0.2) is 0 Å². The van der Waals surface area contributed by atoms with Gasteiger partial charge in [0.25, 0.3) is 0 Å². The van der Waals surface area contributed by atoms with Crippen molar-refractivity contribution in [1.82, 2.24) is 15.3 Å². The molecule has 0 saturated carbocycles. The fraction of sp³-hybridized carbons (Fsp3) is 0.375. The summed E-state index contributed by atoms with van der Waals surface area (Å²) in [5, 5.41) is 3.27.